The van der Waals surface area contributed by atoms with Crippen LogP contribution in [0.15, 0.2) is 24.3 Å². The summed E-state index contributed by atoms with van der Waals surface area (Å²) >= 11 is 0. The van der Waals surface area contributed by atoms with E-state index in [0.717, 1.165) is 38.3 Å². The van der Waals surface area contributed by atoms with E-state index in [9.17, 15) is 19.2 Å². The number of carbonyl (C=O) groups excluding carboxylic acids is 1. The summed E-state index contributed by atoms with van der Waals surface area (Å²) in [7, 11) is 0. The quantitative estimate of drug-likeness (QED) is 0.404. The molecule has 2 aliphatic rings. The molecule has 11 heteroatoms. The average molecular weight is 423 g/mol. The fourth-order valence-corrected chi connectivity index (χ4v) is 3.29. The van der Waals surface area contributed by atoms with Crippen molar-refractivity contribution in [3.05, 3.63) is 29.8 Å². The number of hydrogen-bond acceptors (Lipinski definition) is 7. The Morgan fingerprint density at radius 3 is 2.07 bits per heavy atom. The molecule has 1 fully saturated rings. The van der Waals surface area contributed by atoms with Gasteiger partial charge in [-0.15, -0.1) is 0 Å². The number of carboxylic acids is 3. The Morgan fingerprint density at radius 1 is 0.967 bits per heavy atom. The van der Waals surface area contributed by atoms with Gasteiger partial charge in [-0.05, 0) is 18.1 Å². The van der Waals surface area contributed by atoms with Crippen molar-refractivity contribution in [1.29, 1.82) is 0 Å². The summed E-state index contributed by atoms with van der Waals surface area (Å²) in [6.07, 6.45) is -0.790. The van der Waals surface area contributed by atoms with Crippen molar-refractivity contribution in [2.24, 2.45) is 0 Å². The van der Waals surface area contributed by atoms with Gasteiger partial charge in [0.1, 0.15) is 0 Å². The zero-order chi connectivity index (χ0) is 22.3. The van der Waals surface area contributed by atoms with Crippen molar-refractivity contribution in [2.75, 3.05) is 31.2 Å². The lowest BCUT2D eigenvalue weighted by Crippen LogP contribution is -2.56. The standard InChI is InChI=1S/C13H17N3O.C6H8O7/c17-13-6-5-11-3-1-2-4-12(11)16(13)15-9-7-14-8-10-15;7-3(8)1-6(13,5(11)12)2-4(9)10/h1-4,14H,5-10H2;13H,1-2H2,(H,7,8)(H,9,10)(H,11,12). The van der Waals surface area contributed by atoms with Crippen molar-refractivity contribution >= 4 is 29.5 Å². The monoisotopic (exact) mass is 423 g/mol. The SMILES string of the molecule is O=C(O)CC(O)(CC(=O)O)C(=O)O.O=C1CCc2ccccc2N1N1CCNCC1. The molecule has 30 heavy (non-hydrogen) atoms. The van der Waals surface area contributed by atoms with Crippen LogP contribution in [-0.4, -0.2) is 81.0 Å². The minimum atomic E-state index is -2.74. The second-order valence-electron chi connectivity index (χ2n) is 7.02. The smallest absolute Gasteiger partial charge is 0.336 e. The van der Waals surface area contributed by atoms with Gasteiger partial charge in [0, 0.05) is 32.6 Å². The van der Waals surface area contributed by atoms with E-state index in [-0.39, 0.29) is 5.91 Å². The number of aliphatic hydroxyl groups is 1. The molecule has 3 rings (SSSR count). The summed E-state index contributed by atoms with van der Waals surface area (Å²) < 4.78 is 0. The molecule has 0 bridgehead atoms. The molecule has 1 saturated heterocycles. The van der Waals surface area contributed by atoms with E-state index in [4.69, 9.17) is 20.4 Å². The van der Waals surface area contributed by atoms with E-state index in [2.05, 4.69) is 22.5 Å². The molecule has 1 amide bonds. The lowest BCUT2D eigenvalue weighted by atomic mass is 9.96. The third kappa shape index (κ3) is 5.99. The summed E-state index contributed by atoms with van der Waals surface area (Å²) in [5.41, 5.74) is -0.381. The van der Waals surface area contributed by atoms with Gasteiger partial charge in [0.15, 0.2) is 5.60 Å². The number of hydrazine groups is 1. The Bertz CT molecular complexity index is 791. The maximum Gasteiger partial charge on any atom is 0.336 e. The number of rotatable bonds is 6. The fourth-order valence-electron chi connectivity index (χ4n) is 3.29. The largest absolute Gasteiger partial charge is 0.481 e. The van der Waals surface area contributed by atoms with Gasteiger partial charge in [-0.25, -0.2) is 14.8 Å². The number of piperazine rings is 1. The highest BCUT2D eigenvalue weighted by Crippen LogP contribution is 2.28. The summed E-state index contributed by atoms with van der Waals surface area (Å²) in [6.45, 7) is 3.71. The molecule has 0 spiro atoms. The first-order valence-corrected chi connectivity index (χ1v) is 9.40. The maximum atomic E-state index is 12.1. The van der Waals surface area contributed by atoms with Gasteiger partial charge in [-0.3, -0.25) is 14.4 Å². The fraction of sp³-hybridized carbons (Fsp3) is 0.474. The zero-order valence-corrected chi connectivity index (χ0v) is 16.3. The van der Waals surface area contributed by atoms with Crippen LogP contribution in [0.3, 0.4) is 0 Å². The number of carboxylic acid groups (broad SMARTS) is 3. The summed E-state index contributed by atoms with van der Waals surface area (Å²) in [4.78, 5) is 42.6. The topological polar surface area (TPSA) is 168 Å². The van der Waals surface area contributed by atoms with Crippen LogP contribution in [0.1, 0.15) is 24.8 Å². The number of nitrogens with one attached hydrogen (secondary N) is 1. The molecule has 0 aliphatic carbocycles. The zero-order valence-electron chi connectivity index (χ0n) is 16.3. The number of para-hydroxylation sites is 1. The third-order valence-corrected chi connectivity index (χ3v) is 4.73. The molecule has 1 aromatic rings. The van der Waals surface area contributed by atoms with Crippen LogP contribution in [0.25, 0.3) is 0 Å². The van der Waals surface area contributed by atoms with Crippen molar-refractivity contribution in [1.82, 2.24) is 10.3 Å². The van der Waals surface area contributed by atoms with Crippen molar-refractivity contribution in [3.63, 3.8) is 0 Å². The predicted octanol–water partition coefficient (Wildman–Crippen LogP) is -0.462. The first kappa shape index (κ1) is 23.3. The molecule has 0 unspecified atom stereocenters. The highest BCUT2D eigenvalue weighted by molar-refractivity contribution is 5.95. The van der Waals surface area contributed by atoms with Crippen molar-refractivity contribution < 1.29 is 39.6 Å². The lowest BCUT2D eigenvalue weighted by molar-refractivity contribution is -0.170. The summed E-state index contributed by atoms with van der Waals surface area (Å²) in [6, 6.07) is 8.22. The second-order valence-corrected chi connectivity index (χ2v) is 7.02. The number of anilines is 1. The molecule has 0 radical (unpaired) electrons. The molecule has 1 aromatic carbocycles. The lowest BCUT2D eigenvalue weighted by Gasteiger charge is -2.40. The van der Waals surface area contributed by atoms with Crippen LogP contribution < -0.4 is 10.3 Å². The Morgan fingerprint density at radius 2 is 1.53 bits per heavy atom. The van der Waals surface area contributed by atoms with Gasteiger partial charge in [0.25, 0.3) is 0 Å². The number of fused-ring (bicyclic) bond motifs is 1. The molecule has 2 heterocycles. The number of carbonyl (C=O) groups is 4. The molecule has 0 atom stereocenters. The van der Waals surface area contributed by atoms with Crippen molar-refractivity contribution in [2.45, 2.75) is 31.3 Å². The second kappa shape index (κ2) is 10.1. The van der Waals surface area contributed by atoms with Crippen LogP contribution in [0, 0.1) is 0 Å². The van der Waals surface area contributed by atoms with Gasteiger partial charge in [-0.1, -0.05) is 18.2 Å². The number of aryl methyl sites for hydroxylation is 1. The molecule has 0 saturated carbocycles. The van der Waals surface area contributed by atoms with E-state index < -0.39 is 36.4 Å². The molecular weight excluding hydrogens is 398 g/mol. The van der Waals surface area contributed by atoms with E-state index in [1.165, 1.54) is 5.56 Å². The Balaban J connectivity index is 0.000000224. The van der Waals surface area contributed by atoms with Gasteiger partial charge < -0.3 is 25.7 Å². The first-order valence-electron chi connectivity index (χ1n) is 9.40. The maximum absolute atomic E-state index is 12.1. The number of nitrogens with zero attached hydrogens (tertiary/aromatic N) is 2. The minimum Gasteiger partial charge on any atom is -0.481 e. The van der Waals surface area contributed by atoms with Crippen molar-refractivity contribution in [3.8, 4) is 0 Å². The molecule has 2 aliphatic heterocycles. The van der Waals surface area contributed by atoms with Crippen LogP contribution in [0.5, 0.6) is 0 Å². The number of amides is 1. The third-order valence-electron chi connectivity index (χ3n) is 4.73. The first-order chi connectivity index (χ1) is 14.1. The van der Waals surface area contributed by atoms with E-state index >= 15 is 0 Å². The van der Waals surface area contributed by atoms with Crippen LogP contribution in [-0.2, 0) is 25.6 Å². The number of hydrogen-bond donors (Lipinski definition) is 5. The molecule has 5 N–H and O–H groups in total. The Hall–Kier alpha value is -3.02. The molecule has 164 valence electrons. The van der Waals surface area contributed by atoms with Crippen LogP contribution in [0.4, 0.5) is 5.69 Å². The van der Waals surface area contributed by atoms with Gasteiger partial charge in [0.2, 0.25) is 5.91 Å². The highest BCUT2D eigenvalue weighted by atomic mass is 16.4. The predicted molar refractivity (Wildman–Crippen MR) is 104 cm³/mol. The van der Waals surface area contributed by atoms with Crippen LogP contribution in [0.2, 0.25) is 0 Å². The molecular formula is C19H25N3O8. The number of aliphatic carboxylic acids is 3. The summed E-state index contributed by atoms with van der Waals surface area (Å²) in [5.74, 6) is -4.79. The molecule has 11 nitrogen and oxygen atoms in total. The number of benzene rings is 1. The normalized spacial score (nSPS) is 16.8. The van der Waals surface area contributed by atoms with Gasteiger partial charge in [-0.2, -0.15) is 0 Å². The Labute approximate surface area is 172 Å². The summed E-state index contributed by atoms with van der Waals surface area (Å²) in [5, 5.41) is 41.2. The Kier molecular flexibility index (Phi) is 7.86. The van der Waals surface area contributed by atoms with E-state index in [1.54, 1.807) is 0 Å². The van der Waals surface area contributed by atoms with E-state index in [1.807, 2.05) is 17.1 Å². The van der Waals surface area contributed by atoms with E-state index in [0.29, 0.717) is 6.42 Å². The van der Waals surface area contributed by atoms with Gasteiger partial charge in [0.05, 0.1) is 18.5 Å². The molecule has 0 aromatic heterocycles. The average Bonchev–Trinajstić information content (AvgIpc) is 2.67. The minimum absolute atomic E-state index is 0.227. The van der Waals surface area contributed by atoms with Crippen LogP contribution >= 0.6 is 0 Å². The highest BCUT2D eigenvalue weighted by Gasteiger charge is 2.40. The van der Waals surface area contributed by atoms with Gasteiger partial charge >= 0.3 is 17.9 Å².